The van der Waals surface area contributed by atoms with Crippen LogP contribution >= 0.6 is 0 Å². The summed E-state index contributed by atoms with van der Waals surface area (Å²) in [6, 6.07) is 0.953. The Morgan fingerprint density at radius 1 is 1.11 bits per heavy atom. The molecule has 2 unspecified atom stereocenters. The number of rotatable bonds is 4. The van der Waals surface area contributed by atoms with Crippen LogP contribution in [0.2, 0.25) is 0 Å². The molecule has 0 saturated carbocycles. The molecule has 5 heterocycles. The molecule has 2 aliphatic rings. The molecular weight excluding hydrogens is 484 g/mol. The lowest BCUT2D eigenvalue weighted by Crippen LogP contribution is -2.47. The van der Waals surface area contributed by atoms with Crippen LogP contribution in [0.5, 0.6) is 0 Å². The number of carbonyl (C=O) groups excluding carboxylic acids is 2. The van der Waals surface area contributed by atoms with E-state index < -0.39 is 54.0 Å². The van der Waals surface area contributed by atoms with Gasteiger partial charge in [0.1, 0.15) is 23.1 Å². The summed E-state index contributed by atoms with van der Waals surface area (Å²) < 4.78 is 79.6. The third-order valence-electron chi connectivity index (χ3n) is 6.45. The van der Waals surface area contributed by atoms with Gasteiger partial charge in [-0.05, 0) is 13.0 Å². The number of hydrogen-bond donors (Lipinski definition) is 2. The fourth-order valence-electron chi connectivity index (χ4n) is 4.23. The lowest BCUT2D eigenvalue weighted by atomic mass is 9.71. The van der Waals surface area contributed by atoms with E-state index in [0.717, 1.165) is 16.9 Å². The second-order valence-corrected chi connectivity index (χ2v) is 8.54. The summed E-state index contributed by atoms with van der Waals surface area (Å²) in [6.07, 6.45) is -6.64. The lowest BCUT2D eigenvalue weighted by Gasteiger charge is -2.33. The predicted molar refractivity (Wildman–Crippen MR) is 108 cm³/mol. The third-order valence-corrected chi connectivity index (χ3v) is 6.45. The van der Waals surface area contributed by atoms with Crippen LogP contribution in [0.15, 0.2) is 12.3 Å². The van der Waals surface area contributed by atoms with Crippen LogP contribution in [0.25, 0.3) is 22.6 Å². The highest BCUT2D eigenvalue weighted by molar-refractivity contribution is 6.14. The minimum atomic E-state index is -5.76. The van der Waals surface area contributed by atoms with Crippen LogP contribution in [0.3, 0.4) is 0 Å². The van der Waals surface area contributed by atoms with Crippen molar-refractivity contribution in [3.05, 3.63) is 23.6 Å². The number of fused-ring (bicyclic) bond motifs is 1. The molecule has 2 aliphatic heterocycles. The smallest absolute Gasteiger partial charge is 0.310 e. The summed E-state index contributed by atoms with van der Waals surface area (Å²) in [6.45, 7) is 2.23. The van der Waals surface area contributed by atoms with E-state index in [-0.39, 0.29) is 34.2 Å². The first-order chi connectivity index (χ1) is 16.2. The molecule has 5 rings (SSSR count). The van der Waals surface area contributed by atoms with Gasteiger partial charge in [0.2, 0.25) is 11.8 Å². The second kappa shape index (κ2) is 7.11. The zero-order valence-corrected chi connectivity index (χ0v) is 18.0. The highest BCUT2D eigenvalue weighted by Crippen LogP contribution is 2.49. The Labute approximate surface area is 191 Å². The number of nitrogens with one attached hydrogen (secondary N) is 2. The molecule has 184 valence electrons. The van der Waals surface area contributed by atoms with Gasteiger partial charge >= 0.3 is 12.1 Å². The highest BCUT2D eigenvalue weighted by atomic mass is 19.4. The molecule has 35 heavy (non-hydrogen) atoms. The first kappa shape index (κ1) is 23.0. The number of anilines is 2. The van der Waals surface area contributed by atoms with E-state index in [1.807, 2.05) is 0 Å². The monoisotopic (exact) mass is 499 g/mol. The van der Waals surface area contributed by atoms with E-state index in [0.29, 0.717) is 5.56 Å². The molecule has 0 aromatic carbocycles. The lowest BCUT2D eigenvalue weighted by molar-refractivity contribution is -0.285. The van der Waals surface area contributed by atoms with Crippen molar-refractivity contribution in [2.75, 3.05) is 10.6 Å². The van der Waals surface area contributed by atoms with Crippen molar-refractivity contribution in [2.24, 2.45) is 5.92 Å². The van der Waals surface area contributed by atoms with E-state index in [2.05, 4.69) is 30.7 Å². The van der Waals surface area contributed by atoms with Crippen molar-refractivity contribution < 1.29 is 35.9 Å². The molecule has 2 atom stereocenters. The number of halogens is 6. The number of aromatic nitrogens is 5. The molecule has 0 fully saturated rings. The van der Waals surface area contributed by atoms with Crippen molar-refractivity contribution in [3.8, 4) is 11.5 Å². The Morgan fingerprint density at radius 2 is 1.77 bits per heavy atom. The molecule has 0 aliphatic carbocycles. The van der Waals surface area contributed by atoms with Crippen molar-refractivity contribution in [1.82, 2.24) is 24.7 Å². The molecule has 9 nitrogen and oxygen atoms in total. The number of hydrogen-bond acceptors (Lipinski definition) is 6. The molecule has 0 bridgehead atoms. The predicted octanol–water partition coefficient (Wildman–Crippen LogP) is 3.41. The fraction of sp³-hybridized carbons (Fsp3) is 0.400. The largest absolute Gasteiger partial charge is 0.453 e. The minimum Gasteiger partial charge on any atom is -0.310 e. The zero-order valence-electron chi connectivity index (χ0n) is 18.0. The molecule has 3 aromatic heterocycles. The summed E-state index contributed by atoms with van der Waals surface area (Å²) in [7, 11) is 0. The van der Waals surface area contributed by atoms with Gasteiger partial charge in [0.25, 0.3) is 0 Å². The van der Waals surface area contributed by atoms with Gasteiger partial charge in [0.15, 0.2) is 11.5 Å². The summed E-state index contributed by atoms with van der Waals surface area (Å²) in [5.74, 6) is -7.68. The molecule has 2 N–H and O–H groups in total. The van der Waals surface area contributed by atoms with Gasteiger partial charge in [-0.25, -0.2) is 24.0 Å². The second-order valence-electron chi connectivity index (χ2n) is 8.54. The van der Waals surface area contributed by atoms with E-state index in [1.54, 1.807) is 13.8 Å². The van der Waals surface area contributed by atoms with Crippen molar-refractivity contribution >= 4 is 34.5 Å². The first-order valence-corrected chi connectivity index (χ1v) is 10.3. The molecule has 0 radical (unpaired) electrons. The number of pyridine rings is 1. The van der Waals surface area contributed by atoms with Gasteiger partial charge < -0.3 is 10.6 Å². The molecule has 3 aromatic rings. The maximum absolute atomic E-state index is 14.0. The summed E-state index contributed by atoms with van der Waals surface area (Å²) >= 11 is 0. The third kappa shape index (κ3) is 3.24. The van der Waals surface area contributed by atoms with Crippen LogP contribution < -0.4 is 10.6 Å². The van der Waals surface area contributed by atoms with Gasteiger partial charge in [-0.2, -0.15) is 27.1 Å². The van der Waals surface area contributed by atoms with Crippen LogP contribution in [-0.4, -0.2) is 48.6 Å². The van der Waals surface area contributed by atoms with Gasteiger partial charge in [0, 0.05) is 13.0 Å². The van der Waals surface area contributed by atoms with E-state index in [9.17, 15) is 35.9 Å². The number of nitrogens with zero attached hydrogens (tertiary/aromatic N) is 5. The van der Waals surface area contributed by atoms with E-state index in [1.165, 1.54) is 0 Å². The van der Waals surface area contributed by atoms with Gasteiger partial charge in [-0.1, -0.05) is 6.92 Å². The molecule has 0 saturated heterocycles. The van der Waals surface area contributed by atoms with Crippen LogP contribution in [0.1, 0.15) is 25.8 Å². The SMILES string of the molecule is CC1C(=O)Nc2nc(-c3nn(CCC(F)(F)C(F)(F)F)c4ncc(F)cc34)nc3c2C1(C)C(=O)N3. The quantitative estimate of drug-likeness (QED) is 0.532. The van der Waals surface area contributed by atoms with Gasteiger partial charge in [0.05, 0.1) is 28.5 Å². The normalized spacial score (nSPS) is 21.8. The van der Waals surface area contributed by atoms with Gasteiger partial charge in [-0.3, -0.25) is 9.59 Å². The first-order valence-electron chi connectivity index (χ1n) is 10.3. The highest BCUT2D eigenvalue weighted by Gasteiger charge is 2.57. The van der Waals surface area contributed by atoms with Gasteiger partial charge in [-0.15, -0.1) is 0 Å². The number of amides is 2. The average Bonchev–Trinajstić information content (AvgIpc) is 3.25. The summed E-state index contributed by atoms with van der Waals surface area (Å²) in [5, 5.41) is 9.12. The number of alkyl halides is 5. The molecule has 15 heteroatoms. The Bertz CT molecular complexity index is 1420. The van der Waals surface area contributed by atoms with Crippen molar-refractivity contribution in [1.29, 1.82) is 0 Å². The number of aryl methyl sites for hydroxylation is 1. The van der Waals surface area contributed by atoms with Crippen molar-refractivity contribution in [2.45, 2.75) is 44.3 Å². The van der Waals surface area contributed by atoms with Crippen LogP contribution in [0, 0.1) is 11.7 Å². The molecular formula is C20H15F6N7O2. The standard InChI is InChI=1S/C20H15F6N7O2/c1-7-16(34)30-12-10-13(31-17(35)18(7,10)2)29-14(28-12)11-9-5-8(21)6-27-15(9)33(32-11)4-3-19(22,23)20(24,25)26/h5-7H,3-4H2,1-2H3,(H2,28,29,30,31,34,35). The van der Waals surface area contributed by atoms with Crippen molar-refractivity contribution in [3.63, 3.8) is 0 Å². The van der Waals surface area contributed by atoms with Crippen LogP contribution in [-0.2, 0) is 21.5 Å². The van der Waals surface area contributed by atoms with E-state index in [4.69, 9.17) is 0 Å². The Balaban J connectivity index is 1.64. The van der Waals surface area contributed by atoms with Crippen LogP contribution in [0.4, 0.5) is 38.0 Å². The Morgan fingerprint density at radius 3 is 2.43 bits per heavy atom. The summed E-state index contributed by atoms with van der Waals surface area (Å²) in [4.78, 5) is 37.5. The maximum atomic E-state index is 14.0. The fourth-order valence-corrected chi connectivity index (χ4v) is 4.23. The topological polar surface area (TPSA) is 115 Å². The molecule has 0 spiro atoms. The molecule has 2 amide bonds. The Hall–Kier alpha value is -3.78. The maximum Gasteiger partial charge on any atom is 0.453 e. The summed E-state index contributed by atoms with van der Waals surface area (Å²) in [5.41, 5.74) is -1.26. The number of carbonyl (C=O) groups is 2. The minimum absolute atomic E-state index is 0.00427. The zero-order chi connectivity index (χ0) is 25.5. The van der Waals surface area contributed by atoms with E-state index >= 15 is 0 Å². The average molecular weight is 499 g/mol. The Kier molecular flexibility index (Phi) is 4.67.